The van der Waals surface area contributed by atoms with Crippen molar-refractivity contribution in [2.75, 3.05) is 0 Å². The summed E-state index contributed by atoms with van der Waals surface area (Å²) in [6.07, 6.45) is 3.62. The quantitative estimate of drug-likeness (QED) is 0.689. The van der Waals surface area contributed by atoms with E-state index >= 15 is 0 Å². The lowest BCUT2D eigenvalue weighted by atomic mass is 10.2. The van der Waals surface area contributed by atoms with Crippen molar-refractivity contribution in [2.24, 2.45) is 0 Å². The summed E-state index contributed by atoms with van der Waals surface area (Å²) in [6.45, 7) is 2.73. The van der Waals surface area contributed by atoms with E-state index in [0.29, 0.717) is 16.8 Å². The predicted octanol–water partition coefficient (Wildman–Crippen LogP) is 3.72. The van der Waals surface area contributed by atoms with Crippen LogP contribution in [0, 0.1) is 4.64 Å². The van der Waals surface area contributed by atoms with Crippen molar-refractivity contribution in [3.8, 4) is 5.69 Å². The van der Waals surface area contributed by atoms with Crippen LogP contribution in [0.1, 0.15) is 19.8 Å². The summed E-state index contributed by atoms with van der Waals surface area (Å²) in [5.41, 5.74) is 1.28. The van der Waals surface area contributed by atoms with Gasteiger partial charge in [0.15, 0.2) is 5.65 Å². The first-order valence-electron chi connectivity index (χ1n) is 7.40. The van der Waals surface area contributed by atoms with Gasteiger partial charge in [0.05, 0.1) is 11.1 Å². The minimum absolute atomic E-state index is 0.129. The Labute approximate surface area is 133 Å². The maximum atomic E-state index is 12.9. The molecule has 112 valence electrons. The van der Waals surface area contributed by atoms with Crippen molar-refractivity contribution in [3.05, 3.63) is 63.8 Å². The summed E-state index contributed by atoms with van der Waals surface area (Å²) in [7, 11) is 0. The lowest BCUT2D eigenvalue weighted by Gasteiger charge is -2.14. The van der Waals surface area contributed by atoms with Crippen LogP contribution in [-0.2, 0) is 6.54 Å². The maximum absolute atomic E-state index is 12.9. The molecule has 0 saturated heterocycles. The molecule has 0 spiro atoms. The molecule has 22 heavy (non-hydrogen) atoms. The fraction of sp³-hybridized carbons (Fsp3) is 0.235. The minimum Gasteiger partial charge on any atom is -0.283 e. The predicted molar refractivity (Wildman–Crippen MR) is 91.1 cm³/mol. The van der Waals surface area contributed by atoms with Crippen molar-refractivity contribution in [2.45, 2.75) is 26.3 Å². The van der Waals surface area contributed by atoms with E-state index in [4.69, 9.17) is 12.2 Å². The first kappa shape index (κ1) is 14.7. The number of rotatable bonds is 4. The number of fused-ring (bicyclic) bond motifs is 1. The van der Waals surface area contributed by atoms with Gasteiger partial charge in [-0.05, 0) is 30.7 Å². The number of aromatic nitrogens is 3. The Hall–Kier alpha value is -2.27. The molecule has 0 atom stereocenters. The lowest BCUT2D eigenvalue weighted by Crippen LogP contribution is -2.31. The summed E-state index contributed by atoms with van der Waals surface area (Å²) < 4.78 is 3.88. The molecule has 0 aliphatic carbocycles. The van der Waals surface area contributed by atoms with Gasteiger partial charge in [0.1, 0.15) is 4.64 Å². The Morgan fingerprint density at radius 3 is 2.64 bits per heavy atom. The van der Waals surface area contributed by atoms with E-state index in [2.05, 4.69) is 11.9 Å². The molecule has 2 heterocycles. The van der Waals surface area contributed by atoms with E-state index in [-0.39, 0.29) is 5.69 Å². The van der Waals surface area contributed by atoms with Crippen molar-refractivity contribution in [3.63, 3.8) is 0 Å². The Morgan fingerprint density at radius 2 is 1.91 bits per heavy atom. The van der Waals surface area contributed by atoms with Crippen molar-refractivity contribution < 1.29 is 0 Å². The molecule has 0 N–H and O–H groups in total. The third-order valence-electron chi connectivity index (χ3n) is 3.65. The highest BCUT2D eigenvalue weighted by Crippen LogP contribution is 2.15. The van der Waals surface area contributed by atoms with Gasteiger partial charge in [-0.1, -0.05) is 43.8 Å². The standard InChI is InChI=1S/C17H17N3OS/c1-2-3-12-19-16(22)14-10-7-11-18-15(14)20(17(19)21)13-8-5-4-6-9-13/h4-11H,2-3,12H2,1H3. The summed E-state index contributed by atoms with van der Waals surface area (Å²) in [6, 6.07) is 13.3. The second-order valence-electron chi connectivity index (χ2n) is 5.14. The van der Waals surface area contributed by atoms with Crippen molar-refractivity contribution in [1.82, 2.24) is 14.1 Å². The van der Waals surface area contributed by atoms with Crippen LogP contribution in [-0.4, -0.2) is 14.1 Å². The van der Waals surface area contributed by atoms with Gasteiger partial charge in [0, 0.05) is 12.7 Å². The third-order valence-corrected chi connectivity index (χ3v) is 4.09. The molecule has 3 rings (SSSR count). The Kier molecular flexibility index (Phi) is 4.15. The molecule has 0 bridgehead atoms. The van der Waals surface area contributed by atoms with Gasteiger partial charge in [0.2, 0.25) is 0 Å². The third kappa shape index (κ3) is 2.48. The molecule has 0 unspecified atom stereocenters. The summed E-state index contributed by atoms with van der Waals surface area (Å²) in [5, 5.41) is 0.831. The minimum atomic E-state index is -0.129. The van der Waals surface area contributed by atoms with Crippen molar-refractivity contribution >= 4 is 23.3 Å². The van der Waals surface area contributed by atoms with Gasteiger partial charge >= 0.3 is 5.69 Å². The van der Waals surface area contributed by atoms with Gasteiger partial charge < -0.3 is 0 Å². The van der Waals surface area contributed by atoms with Crippen LogP contribution in [0.15, 0.2) is 53.5 Å². The second-order valence-corrected chi connectivity index (χ2v) is 5.53. The number of hydrogen-bond acceptors (Lipinski definition) is 3. The highest BCUT2D eigenvalue weighted by molar-refractivity contribution is 7.71. The van der Waals surface area contributed by atoms with Crippen LogP contribution in [0.2, 0.25) is 0 Å². The highest BCUT2D eigenvalue weighted by Gasteiger charge is 2.12. The van der Waals surface area contributed by atoms with Crippen LogP contribution >= 0.6 is 12.2 Å². The van der Waals surface area contributed by atoms with Crippen LogP contribution in [0.3, 0.4) is 0 Å². The zero-order chi connectivity index (χ0) is 15.5. The molecular formula is C17H17N3OS. The number of para-hydroxylation sites is 1. The fourth-order valence-corrected chi connectivity index (χ4v) is 2.84. The molecule has 2 aromatic heterocycles. The van der Waals surface area contributed by atoms with Crippen LogP contribution in [0.4, 0.5) is 0 Å². The number of hydrogen-bond donors (Lipinski definition) is 0. The molecule has 3 aromatic rings. The first-order valence-corrected chi connectivity index (χ1v) is 7.81. The molecular weight excluding hydrogens is 294 g/mol. The average Bonchev–Trinajstić information content (AvgIpc) is 2.56. The monoisotopic (exact) mass is 311 g/mol. The molecule has 0 aliphatic rings. The van der Waals surface area contributed by atoms with Crippen LogP contribution in [0.5, 0.6) is 0 Å². The second kappa shape index (κ2) is 6.23. The SMILES string of the molecule is CCCCn1c(=S)c2cccnc2n(-c2ccccc2)c1=O. The summed E-state index contributed by atoms with van der Waals surface area (Å²) in [4.78, 5) is 17.3. The topological polar surface area (TPSA) is 39.8 Å². The van der Waals surface area contributed by atoms with E-state index in [0.717, 1.165) is 23.9 Å². The van der Waals surface area contributed by atoms with E-state index in [1.54, 1.807) is 15.3 Å². The number of benzene rings is 1. The fourth-order valence-electron chi connectivity index (χ4n) is 2.51. The van der Waals surface area contributed by atoms with Crippen LogP contribution < -0.4 is 5.69 Å². The molecule has 5 heteroatoms. The molecule has 0 fully saturated rings. The maximum Gasteiger partial charge on any atom is 0.335 e. The van der Waals surface area contributed by atoms with E-state index in [1.165, 1.54) is 0 Å². The Bertz CT molecular complexity index is 913. The van der Waals surface area contributed by atoms with Crippen LogP contribution in [0.25, 0.3) is 16.7 Å². The smallest absolute Gasteiger partial charge is 0.283 e. The summed E-state index contributed by atoms with van der Waals surface area (Å²) >= 11 is 5.51. The zero-order valence-electron chi connectivity index (χ0n) is 12.4. The summed E-state index contributed by atoms with van der Waals surface area (Å²) in [5.74, 6) is 0. The molecule has 0 amide bonds. The van der Waals surface area contributed by atoms with E-state index in [9.17, 15) is 4.79 Å². The Morgan fingerprint density at radius 1 is 1.14 bits per heavy atom. The molecule has 0 aliphatic heterocycles. The average molecular weight is 311 g/mol. The van der Waals surface area contributed by atoms with Crippen molar-refractivity contribution in [1.29, 1.82) is 0 Å². The van der Waals surface area contributed by atoms with Gasteiger partial charge in [-0.2, -0.15) is 0 Å². The normalized spacial score (nSPS) is 11.0. The van der Waals surface area contributed by atoms with E-state index < -0.39 is 0 Å². The number of nitrogens with zero attached hydrogens (tertiary/aromatic N) is 3. The zero-order valence-corrected chi connectivity index (χ0v) is 13.2. The molecule has 1 aromatic carbocycles. The first-order chi connectivity index (χ1) is 10.7. The van der Waals surface area contributed by atoms with Gasteiger partial charge in [-0.15, -0.1) is 0 Å². The largest absolute Gasteiger partial charge is 0.335 e. The van der Waals surface area contributed by atoms with Gasteiger partial charge in [-0.25, -0.2) is 14.3 Å². The molecule has 0 saturated carbocycles. The number of pyridine rings is 1. The highest BCUT2D eigenvalue weighted by atomic mass is 32.1. The van der Waals surface area contributed by atoms with E-state index in [1.807, 2.05) is 42.5 Å². The number of unbranched alkanes of at least 4 members (excludes halogenated alkanes) is 1. The van der Waals surface area contributed by atoms with Gasteiger partial charge in [0.25, 0.3) is 0 Å². The Balaban J connectivity index is 2.40. The molecule has 0 radical (unpaired) electrons. The molecule has 4 nitrogen and oxygen atoms in total. The lowest BCUT2D eigenvalue weighted by molar-refractivity contribution is 0.586. The van der Waals surface area contributed by atoms with Gasteiger partial charge in [-0.3, -0.25) is 4.57 Å².